The first kappa shape index (κ1) is 25.3. The Balaban J connectivity index is 1.68. The zero-order chi connectivity index (χ0) is 25.0. The number of hydrogen-bond acceptors (Lipinski definition) is 5. The molecule has 4 rings (SSSR count). The van der Waals surface area contributed by atoms with Crippen molar-refractivity contribution in [1.82, 2.24) is 14.1 Å². The Morgan fingerprint density at radius 3 is 2.40 bits per heavy atom. The minimum Gasteiger partial charge on any atom is -0.460 e. The summed E-state index contributed by atoms with van der Waals surface area (Å²) >= 11 is 0. The molecule has 35 heavy (non-hydrogen) atoms. The number of ether oxygens (including phenoxy) is 2. The van der Waals surface area contributed by atoms with Crippen LogP contribution in [0.5, 0.6) is 0 Å². The topological polar surface area (TPSA) is 73.7 Å². The summed E-state index contributed by atoms with van der Waals surface area (Å²) in [6.07, 6.45) is 0.134. The summed E-state index contributed by atoms with van der Waals surface area (Å²) in [5, 5.41) is 4.91. The lowest BCUT2D eigenvalue weighted by Crippen LogP contribution is -2.37. The normalized spacial score (nSPS) is 15.7. The summed E-state index contributed by atoms with van der Waals surface area (Å²) < 4.78 is 28.2. The predicted molar refractivity (Wildman–Crippen MR) is 136 cm³/mol. The summed E-state index contributed by atoms with van der Waals surface area (Å²) in [5.41, 5.74) is 3.82. The van der Waals surface area contributed by atoms with E-state index in [2.05, 4.69) is 0 Å². The van der Waals surface area contributed by atoms with Crippen LogP contribution in [0.15, 0.2) is 59.5 Å². The lowest BCUT2D eigenvalue weighted by atomic mass is 10.0. The van der Waals surface area contributed by atoms with E-state index in [0.717, 1.165) is 33.0 Å². The van der Waals surface area contributed by atoms with Crippen molar-refractivity contribution in [2.75, 3.05) is 26.3 Å². The molecule has 0 amide bonds. The van der Waals surface area contributed by atoms with E-state index >= 15 is 0 Å². The van der Waals surface area contributed by atoms with E-state index in [1.54, 1.807) is 0 Å². The molecule has 1 fully saturated rings. The van der Waals surface area contributed by atoms with Crippen LogP contribution >= 0.6 is 0 Å². The van der Waals surface area contributed by atoms with Gasteiger partial charge in [-0.25, -0.2) is 8.51 Å². The molecule has 0 bridgehead atoms. The highest BCUT2D eigenvalue weighted by Crippen LogP contribution is 2.28. The summed E-state index contributed by atoms with van der Waals surface area (Å²) in [6, 6.07) is 17.6. The molecule has 1 aromatic heterocycles. The largest absolute Gasteiger partial charge is 0.460 e. The van der Waals surface area contributed by atoms with Gasteiger partial charge in [-0.2, -0.15) is 5.10 Å². The number of esters is 1. The number of nitrogens with zero attached hydrogens (tertiary/aromatic N) is 3. The Morgan fingerprint density at radius 1 is 1.06 bits per heavy atom. The van der Waals surface area contributed by atoms with Crippen molar-refractivity contribution < 1.29 is 18.5 Å². The average molecular weight is 496 g/mol. The molecule has 0 aliphatic carbocycles. The van der Waals surface area contributed by atoms with Crippen molar-refractivity contribution in [1.29, 1.82) is 0 Å². The van der Waals surface area contributed by atoms with E-state index in [-0.39, 0.29) is 12.4 Å². The molecule has 1 saturated heterocycles. The third-order valence-corrected chi connectivity index (χ3v) is 7.41. The maximum Gasteiger partial charge on any atom is 0.310 e. The molecule has 1 unspecified atom stereocenters. The van der Waals surface area contributed by atoms with E-state index in [9.17, 15) is 9.00 Å². The lowest BCUT2D eigenvalue weighted by molar-refractivity contribution is -0.153. The summed E-state index contributed by atoms with van der Waals surface area (Å²) in [7, 11) is -1.28. The second-order valence-corrected chi connectivity index (χ2v) is 11.1. The fourth-order valence-electron chi connectivity index (χ4n) is 4.12. The molecular weight excluding hydrogens is 462 g/mol. The van der Waals surface area contributed by atoms with E-state index in [1.807, 2.05) is 91.3 Å². The highest BCUT2D eigenvalue weighted by Gasteiger charge is 2.24. The number of aromatic nitrogens is 2. The van der Waals surface area contributed by atoms with Gasteiger partial charge in [0.25, 0.3) is 0 Å². The molecule has 1 aliphatic heterocycles. The molecule has 0 N–H and O–H groups in total. The van der Waals surface area contributed by atoms with Gasteiger partial charge in [-0.05, 0) is 39.3 Å². The molecule has 0 radical (unpaired) electrons. The van der Waals surface area contributed by atoms with Gasteiger partial charge in [0.2, 0.25) is 0 Å². The van der Waals surface area contributed by atoms with Gasteiger partial charge in [0.15, 0.2) is 0 Å². The van der Waals surface area contributed by atoms with Gasteiger partial charge < -0.3 is 9.47 Å². The monoisotopic (exact) mass is 495 g/mol. The van der Waals surface area contributed by atoms with Crippen LogP contribution in [0.4, 0.5) is 0 Å². The van der Waals surface area contributed by atoms with Crippen molar-refractivity contribution in [3.63, 3.8) is 0 Å². The maximum atomic E-state index is 13.4. The van der Waals surface area contributed by atoms with Gasteiger partial charge in [0, 0.05) is 29.9 Å². The number of carbonyl (C=O) groups is 1. The second kappa shape index (κ2) is 10.8. The van der Waals surface area contributed by atoms with Gasteiger partial charge in [-0.1, -0.05) is 48.5 Å². The Kier molecular flexibility index (Phi) is 7.84. The molecule has 8 heteroatoms. The molecule has 186 valence electrons. The highest BCUT2D eigenvalue weighted by molar-refractivity contribution is 7.82. The van der Waals surface area contributed by atoms with Gasteiger partial charge >= 0.3 is 5.97 Å². The number of hydrogen-bond donors (Lipinski definition) is 0. The van der Waals surface area contributed by atoms with Crippen molar-refractivity contribution in [3.8, 4) is 11.3 Å². The van der Waals surface area contributed by atoms with Crippen molar-refractivity contribution in [2.45, 2.75) is 51.2 Å². The number of carbonyl (C=O) groups excluding carboxylic acids is 1. The van der Waals surface area contributed by atoms with Crippen molar-refractivity contribution >= 4 is 17.0 Å². The second-order valence-electron chi connectivity index (χ2n) is 9.60. The fourth-order valence-corrected chi connectivity index (χ4v) is 5.43. The zero-order valence-corrected chi connectivity index (χ0v) is 21.6. The third-order valence-electron chi connectivity index (χ3n) is 5.80. The summed E-state index contributed by atoms with van der Waals surface area (Å²) in [4.78, 5) is 13.5. The third kappa shape index (κ3) is 6.25. The van der Waals surface area contributed by atoms with Gasteiger partial charge in [0.1, 0.15) is 16.6 Å². The SMILES string of the molecule is Cc1c(CC(=O)OC(C)(C)C)c(-c2ccccc2)nn1Cc1ccccc1S(=O)N1CCOCC1. The quantitative estimate of drug-likeness (QED) is 0.461. The summed E-state index contributed by atoms with van der Waals surface area (Å²) in [5.74, 6) is -0.286. The molecule has 0 spiro atoms. The van der Waals surface area contributed by atoms with E-state index < -0.39 is 16.6 Å². The minimum atomic E-state index is -1.28. The van der Waals surface area contributed by atoms with Crippen molar-refractivity contribution in [3.05, 3.63) is 71.4 Å². The van der Waals surface area contributed by atoms with Crippen LogP contribution in [0.25, 0.3) is 11.3 Å². The van der Waals surface area contributed by atoms with Gasteiger partial charge in [-0.15, -0.1) is 0 Å². The molecule has 2 aromatic carbocycles. The Hall–Kier alpha value is -2.81. The predicted octanol–water partition coefficient (Wildman–Crippen LogP) is 4.15. The van der Waals surface area contributed by atoms with E-state index in [4.69, 9.17) is 14.6 Å². The number of rotatable bonds is 7. The van der Waals surface area contributed by atoms with Crippen LogP contribution in [0.2, 0.25) is 0 Å². The molecular formula is C27H33N3O4S. The first-order valence-electron chi connectivity index (χ1n) is 11.9. The van der Waals surface area contributed by atoms with Crippen LogP contribution in [0.3, 0.4) is 0 Å². The molecule has 7 nitrogen and oxygen atoms in total. The molecule has 0 saturated carbocycles. The molecule has 2 heterocycles. The van der Waals surface area contributed by atoms with Crippen LogP contribution in [0, 0.1) is 6.92 Å². The van der Waals surface area contributed by atoms with E-state index in [0.29, 0.717) is 32.8 Å². The maximum absolute atomic E-state index is 13.4. The molecule has 1 aliphatic rings. The zero-order valence-electron chi connectivity index (χ0n) is 20.8. The minimum absolute atomic E-state index is 0.134. The number of benzene rings is 2. The number of morpholine rings is 1. The van der Waals surface area contributed by atoms with Crippen LogP contribution in [-0.2, 0) is 38.2 Å². The smallest absolute Gasteiger partial charge is 0.310 e. The highest BCUT2D eigenvalue weighted by atomic mass is 32.2. The summed E-state index contributed by atoms with van der Waals surface area (Å²) in [6.45, 7) is 10.5. The van der Waals surface area contributed by atoms with Gasteiger partial charge in [0.05, 0.1) is 36.8 Å². The Bertz CT molecular complexity index is 1190. The average Bonchev–Trinajstić information content (AvgIpc) is 3.14. The van der Waals surface area contributed by atoms with Gasteiger partial charge in [-0.3, -0.25) is 9.48 Å². The van der Waals surface area contributed by atoms with E-state index in [1.165, 1.54) is 0 Å². The Morgan fingerprint density at radius 2 is 1.71 bits per heavy atom. The molecule has 1 atom stereocenters. The lowest BCUT2D eigenvalue weighted by Gasteiger charge is -2.26. The molecule has 3 aromatic rings. The first-order chi connectivity index (χ1) is 16.7. The standard InChI is InChI=1S/C27H33N3O4S/c1-20-23(18-25(31)34-27(2,3)4)26(21-10-6-5-7-11-21)28-30(20)19-22-12-8-9-13-24(22)35(32)29-14-16-33-17-15-29/h5-13H,14-19H2,1-4H3. The van der Waals surface area contributed by atoms with Crippen LogP contribution < -0.4 is 0 Å². The van der Waals surface area contributed by atoms with Crippen molar-refractivity contribution in [2.24, 2.45) is 0 Å². The van der Waals surface area contributed by atoms with Crippen LogP contribution in [-0.4, -0.2) is 56.2 Å². The first-order valence-corrected chi connectivity index (χ1v) is 13.0. The Labute approximate surface area is 209 Å². The fraction of sp³-hybridized carbons (Fsp3) is 0.407. The van der Waals surface area contributed by atoms with Crippen LogP contribution in [0.1, 0.15) is 37.6 Å².